The van der Waals surface area contributed by atoms with E-state index >= 15 is 0 Å². The van der Waals surface area contributed by atoms with Gasteiger partial charge in [-0.1, -0.05) is 29.8 Å². The first-order valence-corrected chi connectivity index (χ1v) is 11.6. The van der Waals surface area contributed by atoms with E-state index < -0.39 is 10.0 Å². The summed E-state index contributed by atoms with van der Waals surface area (Å²) in [6, 6.07) is 13.9. The molecule has 0 unspecified atom stereocenters. The normalized spacial score (nSPS) is 19.2. The molecule has 0 aliphatic carbocycles. The van der Waals surface area contributed by atoms with Crippen LogP contribution in [0.15, 0.2) is 53.4 Å². The Morgan fingerprint density at radius 3 is 2.31 bits per heavy atom. The minimum absolute atomic E-state index is 0.0731. The number of anilines is 1. The SMILES string of the molecule is C[C@H](C(=O)N1CCc2ccccc21)N1CCN(S(=O)(=O)c2ccc(Cl)cc2)CC1. The molecule has 29 heavy (non-hydrogen) atoms. The molecular formula is C21H24ClN3O3S. The summed E-state index contributed by atoms with van der Waals surface area (Å²) in [7, 11) is -3.55. The summed E-state index contributed by atoms with van der Waals surface area (Å²) in [6.45, 7) is 4.38. The highest BCUT2D eigenvalue weighted by Gasteiger charge is 2.35. The van der Waals surface area contributed by atoms with Gasteiger partial charge in [0.1, 0.15) is 0 Å². The maximum absolute atomic E-state index is 13.1. The Kier molecular flexibility index (Phi) is 5.66. The first-order valence-electron chi connectivity index (χ1n) is 9.77. The molecule has 0 spiro atoms. The fourth-order valence-electron chi connectivity index (χ4n) is 4.04. The third-order valence-corrected chi connectivity index (χ3v) is 7.95. The average molecular weight is 434 g/mol. The number of para-hydroxylation sites is 1. The fourth-order valence-corrected chi connectivity index (χ4v) is 5.58. The lowest BCUT2D eigenvalue weighted by molar-refractivity contribution is -0.123. The summed E-state index contributed by atoms with van der Waals surface area (Å²) in [6.07, 6.45) is 0.877. The summed E-state index contributed by atoms with van der Waals surface area (Å²) >= 11 is 5.87. The second-order valence-corrected chi connectivity index (χ2v) is 9.81. The van der Waals surface area contributed by atoms with Gasteiger partial charge in [-0.05, 0) is 49.2 Å². The van der Waals surface area contributed by atoms with Crippen molar-refractivity contribution in [2.75, 3.05) is 37.6 Å². The molecule has 0 bridgehead atoms. The molecule has 4 rings (SSSR count). The van der Waals surface area contributed by atoms with Crippen LogP contribution in [0.2, 0.25) is 5.02 Å². The number of amides is 1. The molecule has 0 N–H and O–H groups in total. The molecule has 0 saturated carbocycles. The number of nitrogens with zero attached hydrogens (tertiary/aromatic N) is 3. The molecular weight excluding hydrogens is 410 g/mol. The zero-order valence-corrected chi connectivity index (χ0v) is 17.9. The molecule has 6 nitrogen and oxygen atoms in total. The minimum atomic E-state index is -3.55. The lowest BCUT2D eigenvalue weighted by Crippen LogP contribution is -2.55. The van der Waals surface area contributed by atoms with E-state index in [9.17, 15) is 13.2 Å². The van der Waals surface area contributed by atoms with Gasteiger partial charge < -0.3 is 4.90 Å². The molecule has 2 aliphatic rings. The van der Waals surface area contributed by atoms with Crippen molar-refractivity contribution in [1.29, 1.82) is 0 Å². The van der Waals surface area contributed by atoms with Crippen LogP contribution < -0.4 is 4.90 Å². The van der Waals surface area contributed by atoms with Gasteiger partial charge in [0, 0.05) is 43.4 Å². The molecule has 2 aromatic carbocycles. The van der Waals surface area contributed by atoms with Crippen LogP contribution in [0.3, 0.4) is 0 Å². The number of carbonyl (C=O) groups excluding carboxylic acids is 1. The molecule has 0 aromatic heterocycles. The van der Waals surface area contributed by atoms with Crippen molar-refractivity contribution in [3.63, 3.8) is 0 Å². The van der Waals surface area contributed by atoms with Gasteiger partial charge in [0.2, 0.25) is 15.9 Å². The van der Waals surface area contributed by atoms with Crippen molar-refractivity contribution in [1.82, 2.24) is 9.21 Å². The summed E-state index contributed by atoms with van der Waals surface area (Å²) in [5.74, 6) is 0.0731. The third-order valence-electron chi connectivity index (χ3n) is 5.78. The quantitative estimate of drug-likeness (QED) is 0.743. The first-order chi connectivity index (χ1) is 13.9. The maximum Gasteiger partial charge on any atom is 0.244 e. The van der Waals surface area contributed by atoms with Gasteiger partial charge in [-0.2, -0.15) is 4.31 Å². The Morgan fingerprint density at radius 2 is 1.62 bits per heavy atom. The fraction of sp³-hybridized carbons (Fsp3) is 0.381. The van der Waals surface area contributed by atoms with Crippen LogP contribution in [0.1, 0.15) is 12.5 Å². The number of carbonyl (C=O) groups is 1. The molecule has 2 aromatic rings. The van der Waals surface area contributed by atoms with E-state index in [0.717, 1.165) is 12.1 Å². The minimum Gasteiger partial charge on any atom is -0.310 e. The number of sulfonamides is 1. The number of hydrogen-bond acceptors (Lipinski definition) is 4. The second-order valence-electron chi connectivity index (χ2n) is 7.44. The maximum atomic E-state index is 13.1. The van der Waals surface area contributed by atoms with Gasteiger partial charge >= 0.3 is 0 Å². The molecule has 2 aliphatic heterocycles. The predicted octanol–water partition coefficient (Wildman–Crippen LogP) is 2.62. The lowest BCUT2D eigenvalue weighted by Gasteiger charge is -2.38. The highest BCUT2D eigenvalue weighted by Crippen LogP contribution is 2.29. The number of hydrogen-bond donors (Lipinski definition) is 0. The predicted molar refractivity (Wildman–Crippen MR) is 114 cm³/mol. The van der Waals surface area contributed by atoms with Crippen LogP contribution in [-0.2, 0) is 21.2 Å². The summed E-state index contributed by atoms with van der Waals surface area (Å²) in [5, 5.41) is 0.504. The topological polar surface area (TPSA) is 60.9 Å². The molecule has 1 amide bonds. The average Bonchev–Trinajstić information content (AvgIpc) is 3.17. The van der Waals surface area contributed by atoms with E-state index in [1.807, 2.05) is 30.0 Å². The third kappa shape index (κ3) is 3.92. The lowest BCUT2D eigenvalue weighted by atomic mass is 10.1. The van der Waals surface area contributed by atoms with Gasteiger partial charge in [0.05, 0.1) is 10.9 Å². The van der Waals surface area contributed by atoms with E-state index in [-0.39, 0.29) is 16.8 Å². The van der Waals surface area contributed by atoms with Crippen LogP contribution in [0.5, 0.6) is 0 Å². The molecule has 8 heteroatoms. The Bertz CT molecular complexity index is 1000. The van der Waals surface area contributed by atoms with Crippen LogP contribution in [-0.4, -0.2) is 62.3 Å². The molecule has 1 saturated heterocycles. The largest absolute Gasteiger partial charge is 0.310 e. The number of rotatable bonds is 4. The first kappa shape index (κ1) is 20.3. The van der Waals surface area contributed by atoms with E-state index in [4.69, 9.17) is 11.6 Å². The Morgan fingerprint density at radius 1 is 0.966 bits per heavy atom. The number of benzene rings is 2. The zero-order valence-electron chi connectivity index (χ0n) is 16.3. The zero-order chi connectivity index (χ0) is 20.6. The highest BCUT2D eigenvalue weighted by molar-refractivity contribution is 7.89. The van der Waals surface area contributed by atoms with Crippen LogP contribution in [0, 0.1) is 0 Å². The molecule has 1 fully saturated rings. The van der Waals surface area contributed by atoms with E-state index in [1.165, 1.54) is 22.0 Å². The van der Waals surface area contributed by atoms with Crippen LogP contribution in [0.4, 0.5) is 5.69 Å². The molecule has 154 valence electrons. The summed E-state index contributed by atoms with van der Waals surface area (Å²) < 4.78 is 27.2. The Balaban J connectivity index is 1.40. The smallest absolute Gasteiger partial charge is 0.244 e. The number of piperazine rings is 1. The standard InChI is InChI=1S/C21H24ClN3O3S/c1-16(21(26)25-11-10-17-4-2-3-5-20(17)25)23-12-14-24(15-13-23)29(27,28)19-8-6-18(22)7-9-19/h2-9,16H,10-15H2,1H3/t16-/m1/s1. The highest BCUT2D eigenvalue weighted by atomic mass is 35.5. The van der Waals surface area contributed by atoms with Gasteiger partial charge in [-0.15, -0.1) is 0 Å². The van der Waals surface area contributed by atoms with Gasteiger partial charge in [0.15, 0.2) is 0 Å². The van der Waals surface area contributed by atoms with Crippen molar-refractivity contribution in [3.05, 3.63) is 59.1 Å². The summed E-state index contributed by atoms with van der Waals surface area (Å²) in [5.41, 5.74) is 2.19. The van der Waals surface area contributed by atoms with Gasteiger partial charge in [-0.3, -0.25) is 9.69 Å². The number of halogens is 1. The Labute approximate surface area is 176 Å². The van der Waals surface area contributed by atoms with Crippen molar-refractivity contribution >= 4 is 33.2 Å². The van der Waals surface area contributed by atoms with Crippen molar-refractivity contribution < 1.29 is 13.2 Å². The van der Waals surface area contributed by atoms with Crippen molar-refractivity contribution in [2.45, 2.75) is 24.3 Å². The van der Waals surface area contributed by atoms with E-state index in [2.05, 4.69) is 11.0 Å². The second kappa shape index (κ2) is 8.07. The Hall–Kier alpha value is -1.93. The molecule has 0 radical (unpaired) electrons. The van der Waals surface area contributed by atoms with Crippen molar-refractivity contribution in [2.24, 2.45) is 0 Å². The van der Waals surface area contributed by atoms with E-state index in [1.54, 1.807) is 12.1 Å². The van der Waals surface area contributed by atoms with Crippen LogP contribution in [0.25, 0.3) is 0 Å². The van der Waals surface area contributed by atoms with Crippen LogP contribution >= 0.6 is 11.6 Å². The summed E-state index contributed by atoms with van der Waals surface area (Å²) in [4.78, 5) is 17.2. The molecule has 1 atom stereocenters. The van der Waals surface area contributed by atoms with Gasteiger partial charge in [0.25, 0.3) is 0 Å². The van der Waals surface area contributed by atoms with Gasteiger partial charge in [-0.25, -0.2) is 8.42 Å². The van der Waals surface area contributed by atoms with E-state index in [0.29, 0.717) is 37.7 Å². The number of fused-ring (bicyclic) bond motifs is 1. The van der Waals surface area contributed by atoms with Crippen molar-refractivity contribution in [3.8, 4) is 0 Å². The monoisotopic (exact) mass is 433 g/mol. The molecule has 2 heterocycles.